The highest BCUT2D eigenvalue weighted by atomic mass is 35.5. The van der Waals surface area contributed by atoms with Gasteiger partial charge in [-0.2, -0.15) is 5.26 Å². The molecule has 2 atom stereocenters. The molecule has 1 aliphatic heterocycles. The van der Waals surface area contributed by atoms with E-state index in [4.69, 9.17) is 21.1 Å². The van der Waals surface area contributed by atoms with E-state index in [1.165, 1.54) is 12.5 Å². The average Bonchev–Trinajstić information content (AvgIpc) is 3.01. The third-order valence-electron chi connectivity index (χ3n) is 4.58. The van der Waals surface area contributed by atoms with Gasteiger partial charge in [-0.25, -0.2) is 0 Å². The van der Waals surface area contributed by atoms with Crippen LogP contribution in [0.1, 0.15) is 38.2 Å². The second-order valence-electron chi connectivity index (χ2n) is 6.24. The molecule has 24 heavy (non-hydrogen) atoms. The van der Waals surface area contributed by atoms with E-state index < -0.39 is 0 Å². The van der Waals surface area contributed by atoms with Crippen LogP contribution in [0.2, 0.25) is 5.02 Å². The molecule has 0 bridgehead atoms. The first-order valence-electron chi connectivity index (χ1n) is 8.10. The SMILES string of the molecule is C[C@@H]1CCCC[C@H]1NC(=O)/C(C#N)=C/c1cc2c(cc1Cl)OCO2. The Morgan fingerprint density at radius 2 is 2.04 bits per heavy atom. The zero-order chi connectivity index (χ0) is 17.1. The van der Waals surface area contributed by atoms with E-state index in [0.29, 0.717) is 28.0 Å². The summed E-state index contributed by atoms with van der Waals surface area (Å²) in [5, 5.41) is 12.8. The molecule has 0 aromatic heterocycles. The molecule has 2 aliphatic rings. The Hall–Kier alpha value is -2.19. The quantitative estimate of drug-likeness (QED) is 0.669. The Labute approximate surface area is 146 Å². The summed E-state index contributed by atoms with van der Waals surface area (Å²) in [6, 6.07) is 5.40. The largest absolute Gasteiger partial charge is 0.454 e. The van der Waals surface area contributed by atoms with E-state index in [9.17, 15) is 10.1 Å². The zero-order valence-corrected chi connectivity index (χ0v) is 14.2. The smallest absolute Gasteiger partial charge is 0.262 e. The van der Waals surface area contributed by atoms with Crippen LogP contribution in [-0.2, 0) is 4.79 Å². The minimum atomic E-state index is -0.356. The normalized spacial score (nSPS) is 22.8. The number of nitriles is 1. The van der Waals surface area contributed by atoms with Crippen LogP contribution in [0, 0.1) is 17.2 Å². The maximum atomic E-state index is 12.4. The molecule has 1 N–H and O–H groups in total. The van der Waals surface area contributed by atoms with Crippen molar-refractivity contribution in [2.45, 2.75) is 38.6 Å². The predicted molar refractivity (Wildman–Crippen MR) is 90.7 cm³/mol. The van der Waals surface area contributed by atoms with Gasteiger partial charge in [-0.1, -0.05) is 31.4 Å². The fourth-order valence-corrected chi connectivity index (χ4v) is 3.33. The van der Waals surface area contributed by atoms with Crippen molar-refractivity contribution in [1.82, 2.24) is 5.32 Å². The van der Waals surface area contributed by atoms with Gasteiger partial charge in [0.2, 0.25) is 6.79 Å². The monoisotopic (exact) mass is 346 g/mol. The third-order valence-corrected chi connectivity index (χ3v) is 4.91. The van der Waals surface area contributed by atoms with Crippen molar-refractivity contribution >= 4 is 23.6 Å². The first-order valence-corrected chi connectivity index (χ1v) is 8.48. The first kappa shape index (κ1) is 16.7. The van der Waals surface area contributed by atoms with E-state index in [-0.39, 0.29) is 24.3 Å². The molecular weight excluding hydrogens is 328 g/mol. The van der Waals surface area contributed by atoms with E-state index >= 15 is 0 Å². The molecule has 0 radical (unpaired) electrons. The number of rotatable bonds is 3. The first-order chi connectivity index (χ1) is 11.6. The van der Waals surface area contributed by atoms with Gasteiger partial charge in [0.05, 0.1) is 5.02 Å². The summed E-state index contributed by atoms with van der Waals surface area (Å²) in [5.41, 5.74) is 0.595. The molecule has 6 heteroatoms. The van der Waals surface area contributed by atoms with E-state index in [0.717, 1.165) is 19.3 Å². The van der Waals surface area contributed by atoms with Crippen LogP contribution < -0.4 is 14.8 Å². The number of fused-ring (bicyclic) bond motifs is 1. The van der Waals surface area contributed by atoms with Gasteiger partial charge in [0.1, 0.15) is 11.6 Å². The number of ether oxygens (including phenoxy) is 2. The van der Waals surface area contributed by atoms with Crippen molar-refractivity contribution in [3.8, 4) is 17.6 Å². The van der Waals surface area contributed by atoms with Crippen molar-refractivity contribution in [3.63, 3.8) is 0 Å². The van der Waals surface area contributed by atoms with Gasteiger partial charge < -0.3 is 14.8 Å². The Morgan fingerprint density at radius 1 is 1.33 bits per heavy atom. The molecule has 1 fully saturated rings. The van der Waals surface area contributed by atoms with Crippen LogP contribution in [0.3, 0.4) is 0 Å². The predicted octanol–water partition coefficient (Wildman–Crippen LogP) is 3.67. The molecule has 1 aliphatic carbocycles. The summed E-state index contributed by atoms with van der Waals surface area (Å²) in [7, 11) is 0. The Bertz CT molecular complexity index is 724. The highest BCUT2D eigenvalue weighted by Gasteiger charge is 2.24. The molecule has 0 saturated heterocycles. The van der Waals surface area contributed by atoms with Crippen molar-refractivity contribution < 1.29 is 14.3 Å². The highest BCUT2D eigenvalue weighted by Crippen LogP contribution is 2.37. The number of hydrogen-bond donors (Lipinski definition) is 1. The molecule has 1 saturated carbocycles. The summed E-state index contributed by atoms with van der Waals surface area (Å²) in [6.45, 7) is 2.28. The minimum Gasteiger partial charge on any atom is -0.454 e. The summed E-state index contributed by atoms with van der Waals surface area (Å²) in [5.74, 6) is 1.20. The number of carbonyl (C=O) groups is 1. The van der Waals surface area contributed by atoms with Gasteiger partial charge >= 0.3 is 0 Å². The van der Waals surface area contributed by atoms with Crippen molar-refractivity contribution in [3.05, 3.63) is 28.3 Å². The van der Waals surface area contributed by atoms with Crippen LogP contribution in [-0.4, -0.2) is 18.7 Å². The number of amides is 1. The number of benzene rings is 1. The number of carbonyl (C=O) groups excluding carboxylic acids is 1. The summed E-state index contributed by atoms with van der Waals surface area (Å²) < 4.78 is 10.6. The number of nitrogens with zero attached hydrogens (tertiary/aromatic N) is 1. The molecule has 1 aromatic rings. The second kappa shape index (κ2) is 7.14. The molecule has 1 heterocycles. The standard InChI is InChI=1S/C18H19ClN2O3/c1-11-4-2-3-5-15(11)21-18(22)13(9-20)6-12-7-16-17(8-14(12)19)24-10-23-16/h6-8,11,15H,2-5,10H2,1H3,(H,21,22)/b13-6+/t11-,15-/m1/s1. The molecule has 3 rings (SSSR count). The van der Waals surface area contributed by atoms with Gasteiger partial charge in [-0.05, 0) is 36.5 Å². The molecule has 5 nitrogen and oxygen atoms in total. The number of hydrogen-bond acceptors (Lipinski definition) is 4. The molecule has 1 amide bonds. The maximum absolute atomic E-state index is 12.4. The molecule has 1 aromatic carbocycles. The van der Waals surface area contributed by atoms with E-state index in [1.807, 2.05) is 6.07 Å². The number of halogens is 1. The van der Waals surface area contributed by atoms with Crippen LogP contribution in [0.4, 0.5) is 0 Å². The van der Waals surface area contributed by atoms with Gasteiger partial charge in [0.15, 0.2) is 11.5 Å². The van der Waals surface area contributed by atoms with Gasteiger partial charge in [-0.3, -0.25) is 4.79 Å². The summed E-state index contributed by atoms with van der Waals surface area (Å²) in [4.78, 5) is 12.4. The lowest BCUT2D eigenvalue weighted by molar-refractivity contribution is -0.118. The lowest BCUT2D eigenvalue weighted by atomic mass is 9.86. The minimum absolute atomic E-state index is 0.0357. The molecular formula is C18H19ClN2O3. The molecule has 0 unspecified atom stereocenters. The van der Waals surface area contributed by atoms with Crippen molar-refractivity contribution in [1.29, 1.82) is 5.26 Å². The number of nitrogens with one attached hydrogen (secondary N) is 1. The van der Waals surface area contributed by atoms with Crippen LogP contribution >= 0.6 is 11.6 Å². The van der Waals surface area contributed by atoms with Gasteiger partial charge in [0.25, 0.3) is 5.91 Å². The Morgan fingerprint density at radius 3 is 2.75 bits per heavy atom. The second-order valence-corrected chi connectivity index (χ2v) is 6.65. The van der Waals surface area contributed by atoms with E-state index in [1.54, 1.807) is 12.1 Å². The summed E-state index contributed by atoms with van der Waals surface area (Å²) in [6.07, 6.45) is 5.85. The van der Waals surface area contributed by atoms with E-state index in [2.05, 4.69) is 12.2 Å². The summed E-state index contributed by atoms with van der Waals surface area (Å²) >= 11 is 6.21. The zero-order valence-electron chi connectivity index (χ0n) is 13.5. The van der Waals surface area contributed by atoms with Gasteiger partial charge in [-0.15, -0.1) is 0 Å². The lowest BCUT2D eigenvalue weighted by Crippen LogP contribution is -2.41. The van der Waals surface area contributed by atoms with Crippen LogP contribution in [0.15, 0.2) is 17.7 Å². The Kier molecular flexibility index (Phi) is 4.96. The molecule has 0 spiro atoms. The fraction of sp³-hybridized carbons (Fsp3) is 0.444. The fourth-order valence-electron chi connectivity index (χ4n) is 3.12. The van der Waals surface area contributed by atoms with Crippen molar-refractivity contribution in [2.24, 2.45) is 5.92 Å². The molecule has 126 valence electrons. The lowest BCUT2D eigenvalue weighted by Gasteiger charge is -2.29. The van der Waals surface area contributed by atoms with Crippen molar-refractivity contribution in [2.75, 3.05) is 6.79 Å². The average molecular weight is 347 g/mol. The van der Waals surface area contributed by atoms with Gasteiger partial charge in [0, 0.05) is 12.1 Å². The topological polar surface area (TPSA) is 71.4 Å². The van der Waals surface area contributed by atoms with Crippen LogP contribution in [0.5, 0.6) is 11.5 Å². The third kappa shape index (κ3) is 3.49. The highest BCUT2D eigenvalue weighted by molar-refractivity contribution is 6.32. The maximum Gasteiger partial charge on any atom is 0.262 e. The van der Waals surface area contributed by atoms with Crippen LogP contribution in [0.25, 0.3) is 6.08 Å². The Balaban J connectivity index is 1.79.